The zero-order chi connectivity index (χ0) is 14.3. The van der Waals surface area contributed by atoms with Crippen LogP contribution in [0.1, 0.15) is 45.2 Å². The highest BCUT2D eigenvalue weighted by Gasteiger charge is 2.15. The summed E-state index contributed by atoms with van der Waals surface area (Å²) >= 11 is 0. The lowest BCUT2D eigenvalue weighted by atomic mass is 10.1. The lowest BCUT2D eigenvalue weighted by molar-refractivity contribution is 0.202. The van der Waals surface area contributed by atoms with Crippen LogP contribution in [-0.2, 0) is 4.74 Å². The maximum atomic E-state index is 5.90. The van der Waals surface area contributed by atoms with Crippen molar-refractivity contribution in [2.75, 3.05) is 25.2 Å². The molecule has 19 heavy (non-hydrogen) atoms. The molecule has 0 spiro atoms. The van der Waals surface area contributed by atoms with Crippen LogP contribution < -0.4 is 10.6 Å². The van der Waals surface area contributed by atoms with E-state index in [0.29, 0.717) is 6.04 Å². The Morgan fingerprint density at radius 3 is 2.16 bits per heavy atom. The number of hydrogen-bond acceptors (Lipinski definition) is 3. The molecule has 2 N–H and O–H groups in total. The van der Waals surface area contributed by atoms with Crippen LogP contribution in [0.25, 0.3) is 0 Å². The van der Waals surface area contributed by atoms with Crippen molar-refractivity contribution in [3.8, 4) is 0 Å². The molecule has 1 rings (SSSR count). The Kier molecular flexibility index (Phi) is 6.89. The number of hydrogen-bond donors (Lipinski definition) is 1. The standard InChI is InChI=1S/C16H28N2O/c1-5-15(6-2)18(11-12-19-4)16-9-7-14(8-10-16)13(3)17/h7-10,13,15H,5-6,11-12,17H2,1-4H3/t13-/m1/s1. The molecule has 0 heterocycles. The fraction of sp³-hybridized carbons (Fsp3) is 0.625. The third kappa shape index (κ3) is 4.51. The first-order valence-electron chi connectivity index (χ1n) is 7.25. The predicted octanol–water partition coefficient (Wildman–Crippen LogP) is 3.35. The first kappa shape index (κ1) is 16.0. The maximum absolute atomic E-state index is 5.90. The molecule has 0 aliphatic carbocycles. The van der Waals surface area contributed by atoms with E-state index in [-0.39, 0.29) is 6.04 Å². The summed E-state index contributed by atoms with van der Waals surface area (Å²) in [6.07, 6.45) is 2.30. The molecule has 108 valence electrons. The van der Waals surface area contributed by atoms with E-state index < -0.39 is 0 Å². The van der Waals surface area contributed by atoms with Gasteiger partial charge in [-0.25, -0.2) is 0 Å². The molecule has 3 heteroatoms. The highest BCUT2D eigenvalue weighted by molar-refractivity contribution is 5.49. The van der Waals surface area contributed by atoms with Gasteiger partial charge < -0.3 is 15.4 Å². The summed E-state index contributed by atoms with van der Waals surface area (Å²) in [5.41, 5.74) is 8.34. The first-order valence-corrected chi connectivity index (χ1v) is 7.25. The van der Waals surface area contributed by atoms with E-state index in [4.69, 9.17) is 10.5 Å². The van der Waals surface area contributed by atoms with Gasteiger partial charge in [0, 0.05) is 31.4 Å². The smallest absolute Gasteiger partial charge is 0.0637 e. The Balaban J connectivity index is 2.89. The summed E-state index contributed by atoms with van der Waals surface area (Å²) < 4.78 is 5.23. The van der Waals surface area contributed by atoms with E-state index in [0.717, 1.165) is 26.0 Å². The molecule has 0 aliphatic heterocycles. The number of nitrogens with zero attached hydrogens (tertiary/aromatic N) is 1. The number of nitrogens with two attached hydrogens (primary N) is 1. The summed E-state index contributed by atoms with van der Waals surface area (Å²) in [5, 5.41) is 0. The minimum Gasteiger partial charge on any atom is -0.383 e. The zero-order valence-electron chi connectivity index (χ0n) is 12.7. The van der Waals surface area contributed by atoms with Gasteiger partial charge in [-0.05, 0) is 37.5 Å². The third-order valence-electron chi connectivity index (χ3n) is 3.67. The average Bonchev–Trinajstić information content (AvgIpc) is 2.43. The quantitative estimate of drug-likeness (QED) is 0.782. The van der Waals surface area contributed by atoms with Crippen LogP contribution in [-0.4, -0.2) is 26.3 Å². The molecule has 0 amide bonds. The fourth-order valence-corrected chi connectivity index (χ4v) is 2.41. The van der Waals surface area contributed by atoms with Gasteiger partial charge in [0.1, 0.15) is 0 Å². The molecule has 0 unspecified atom stereocenters. The number of anilines is 1. The molecule has 1 aromatic rings. The first-order chi connectivity index (χ1) is 9.13. The van der Waals surface area contributed by atoms with Crippen LogP contribution in [0.5, 0.6) is 0 Å². The average molecular weight is 264 g/mol. The van der Waals surface area contributed by atoms with Gasteiger partial charge in [-0.15, -0.1) is 0 Å². The van der Waals surface area contributed by atoms with Gasteiger partial charge in [-0.2, -0.15) is 0 Å². The van der Waals surface area contributed by atoms with Crippen molar-refractivity contribution in [2.24, 2.45) is 5.73 Å². The molecule has 1 atom stereocenters. The van der Waals surface area contributed by atoms with E-state index in [9.17, 15) is 0 Å². The highest BCUT2D eigenvalue weighted by Crippen LogP contribution is 2.22. The molecule has 1 aromatic carbocycles. The van der Waals surface area contributed by atoms with Crippen molar-refractivity contribution < 1.29 is 4.74 Å². The topological polar surface area (TPSA) is 38.5 Å². The monoisotopic (exact) mass is 264 g/mol. The number of methoxy groups -OCH3 is 1. The van der Waals surface area contributed by atoms with E-state index in [2.05, 4.69) is 43.0 Å². The second kappa shape index (κ2) is 8.18. The van der Waals surface area contributed by atoms with Crippen LogP contribution in [0.3, 0.4) is 0 Å². The summed E-state index contributed by atoms with van der Waals surface area (Å²) in [6.45, 7) is 8.18. The van der Waals surface area contributed by atoms with Gasteiger partial charge >= 0.3 is 0 Å². The van der Waals surface area contributed by atoms with Gasteiger partial charge in [0.05, 0.1) is 6.61 Å². The zero-order valence-corrected chi connectivity index (χ0v) is 12.7. The van der Waals surface area contributed by atoms with Crippen molar-refractivity contribution in [1.29, 1.82) is 0 Å². The Morgan fingerprint density at radius 2 is 1.74 bits per heavy atom. The SMILES string of the molecule is CCC(CC)N(CCOC)c1ccc([C@@H](C)N)cc1. The van der Waals surface area contributed by atoms with Gasteiger partial charge in [0.15, 0.2) is 0 Å². The van der Waals surface area contributed by atoms with Crippen LogP contribution in [0, 0.1) is 0 Å². The second-order valence-corrected chi connectivity index (χ2v) is 5.04. The maximum Gasteiger partial charge on any atom is 0.0637 e. The largest absolute Gasteiger partial charge is 0.383 e. The van der Waals surface area contributed by atoms with Crippen LogP contribution >= 0.6 is 0 Å². The predicted molar refractivity (Wildman–Crippen MR) is 82.6 cm³/mol. The minimum atomic E-state index is 0.0922. The molecule has 0 aromatic heterocycles. The van der Waals surface area contributed by atoms with Crippen LogP contribution in [0.2, 0.25) is 0 Å². The van der Waals surface area contributed by atoms with E-state index in [1.165, 1.54) is 11.3 Å². The molecule has 0 bridgehead atoms. The van der Waals surface area contributed by atoms with E-state index >= 15 is 0 Å². The molecule has 0 radical (unpaired) electrons. The fourth-order valence-electron chi connectivity index (χ4n) is 2.41. The van der Waals surface area contributed by atoms with Crippen molar-refractivity contribution in [3.63, 3.8) is 0 Å². The van der Waals surface area contributed by atoms with Crippen molar-refractivity contribution in [1.82, 2.24) is 0 Å². The Hall–Kier alpha value is -1.06. The summed E-state index contributed by atoms with van der Waals surface area (Å²) in [4.78, 5) is 2.44. The number of rotatable bonds is 8. The second-order valence-electron chi connectivity index (χ2n) is 5.04. The van der Waals surface area contributed by atoms with Gasteiger partial charge in [0.25, 0.3) is 0 Å². The molecule has 0 saturated carbocycles. The molecule has 3 nitrogen and oxygen atoms in total. The Morgan fingerprint density at radius 1 is 1.16 bits per heavy atom. The Bertz CT molecular complexity index is 344. The van der Waals surface area contributed by atoms with Crippen LogP contribution in [0.4, 0.5) is 5.69 Å². The van der Waals surface area contributed by atoms with Gasteiger partial charge in [-0.3, -0.25) is 0 Å². The van der Waals surface area contributed by atoms with E-state index in [1.54, 1.807) is 7.11 Å². The summed E-state index contributed by atoms with van der Waals surface area (Å²) in [5.74, 6) is 0. The lowest BCUT2D eigenvalue weighted by Crippen LogP contribution is -2.37. The van der Waals surface area contributed by atoms with Crippen LogP contribution in [0.15, 0.2) is 24.3 Å². The van der Waals surface area contributed by atoms with Gasteiger partial charge in [-0.1, -0.05) is 26.0 Å². The summed E-state index contributed by atoms with van der Waals surface area (Å²) in [7, 11) is 1.75. The normalized spacial score (nSPS) is 12.7. The Labute approximate surface area is 117 Å². The molecule has 0 fully saturated rings. The summed E-state index contributed by atoms with van der Waals surface area (Å²) in [6, 6.07) is 9.26. The molecular formula is C16H28N2O. The minimum absolute atomic E-state index is 0.0922. The highest BCUT2D eigenvalue weighted by atomic mass is 16.5. The van der Waals surface area contributed by atoms with Gasteiger partial charge in [0.2, 0.25) is 0 Å². The molecule has 0 aliphatic rings. The third-order valence-corrected chi connectivity index (χ3v) is 3.67. The van der Waals surface area contributed by atoms with Crippen molar-refractivity contribution in [2.45, 2.75) is 45.7 Å². The van der Waals surface area contributed by atoms with Crippen molar-refractivity contribution in [3.05, 3.63) is 29.8 Å². The molecule has 0 saturated heterocycles. The molecular weight excluding hydrogens is 236 g/mol. The van der Waals surface area contributed by atoms with Crippen molar-refractivity contribution >= 4 is 5.69 Å². The number of ether oxygens (including phenoxy) is 1. The van der Waals surface area contributed by atoms with E-state index in [1.807, 2.05) is 6.92 Å². The number of benzene rings is 1. The lowest BCUT2D eigenvalue weighted by Gasteiger charge is -2.32.